The van der Waals surface area contributed by atoms with Crippen molar-refractivity contribution in [2.75, 3.05) is 20.3 Å². The lowest BCUT2D eigenvalue weighted by atomic mass is 9.90. The first kappa shape index (κ1) is 16.3. The Hall–Kier alpha value is -0.660. The molecule has 0 fully saturated rings. The Bertz CT molecular complexity index is 350. The highest BCUT2D eigenvalue weighted by atomic mass is 32.2. The molecular formula is C10H21NO5S. The van der Waals surface area contributed by atoms with Crippen LogP contribution in [0.5, 0.6) is 0 Å². The average molecular weight is 267 g/mol. The number of hydrogen-bond acceptors (Lipinski definition) is 5. The fourth-order valence-corrected chi connectivity index (χ4v) is 2.30. The van der Waals surface area contributed by atoms with Crippen LogP contribution in [0.2, 0.25) is 0 Å². The maximum atomic E-state index is 11.7. The summed E-state index contributed by atoms with van der Waals surface area (Å²) in [6.07, 6.45) is 0.474. The molecule has 0 saturated carbocycles. The average Bonchev–Trinajstić information content (AvgIpc) is 2.24. The Morgan fingerprint density at radius 1 is 1.47 bits per heavy atom. The fourth-order valence-electron chi connectivity index (χ4n) is 1.10. The Balaban J connectivity index is 4.52. The number of esters is 1. The molecule has 0 aromatic carbocycles. The van der Waals surface area contributed by atoms with Gasteiger partial charge < -0.3 is 9.84 Å². The van der Waals surface area contributed by atoms with Gasteiger partial charge in [-0.15, -0.1) is 0 Å². The zero-order chi connectivity index (χ0) is 13.7. The van der Waals surface area contributed by atoms with E-state index in [2.05, 4.69) is 9.46 Å². The molecule has 0 aliphatic carbocycles. The normalized spacial score (nSPS) is 14.4. The number of carbonyl (C=O) groups excluding carboxylic acids is 1. The summed E-state index contributed by atoms with van der Waals surface area (Å²) in [5, 5.41) is 7.58. The van der Waals surface area contributed by atoms with E-state index in [0.29, 0.717) is 6.42 Å². The van der Waals surface area contributed by atoms with Gasteiger partial charge >= 0.3 is 5.97 Å². The molecule has 0 radical (unpaired) electrons. The van der Waals surface area contributed by atoms with Gasteiger partial charge in [-0.05, 0) is 18.8 Å². The molecule has 2 N–H and O–H groups in total. The number of rotatable bonds is 7. The molecule has 7 heteroatoms. The Morgan fingerprint density at radius 3 is 2.41 bits per heavy atom. The SMILES string of the molecule is COC(=O)C(C)S(=O)(=O)NCC(C)(C)CCO. The second kappa shape index (κ2) is 6.32. The van der Waals surface area contributed by atoms with Gasteiger partial charge in [0, 0.05) is 13.2 Å². The van der Waals surface area contributed by atoms with Gasteiger partial charge in [-0.1, -0.05) is 13.8 Å². The van der Waals surface area contributed by atoms with Crippen molar-refractivity contribution in [3.05, 3.63) is 0 Å². The molecular weight excluding hydrogens is 246 g/mol. The van der Waals surface area contributed by atoms with E-state index in [1.54, 1.807) is 0 Å². The van der Waals surface area contributed by atoms with Crippen LogP contribution in [0.25, 0.3) is 0 Å². The second-order valence-corrected chi connectivity index (χ2v) is 6.76. The minimum absolute atomic E-state index is 0.0126. The quantitative estimate of drug-likeness (QED) is 0.627. The number of nitrogens with one attached hydrogen (secondary N) is 1. The lowest BCUT2D eigenvalue weighted by molar-refractivity contribution is -0.139. The Labute approximate surface area is 102 Å². The van der Waals surface area contributed by atoms with E-state index in [0.717, 1.165) is 7.11 Å². The molecule has 17 heavy (non-hydrogen) atoms. The van der Waals surface area contributed by atoms with Crippen LogP contribution in [-0.4, -0.2) is 45.0 Å². The molecule has 0 heterocycles. The van der Waals surface area contributed by atoms with Crippen molar-refractivity contribution < 1.29 is 23.1 Å². The van der Waals surface area contributed by atoms with E-state index in [1.807, 2.05) is 13.8 Å². The van der Waals surface area contributed by atoms with Crippen molar-refractivity contribution in [3.63, 3.8) is 0 Å². The van der Waals surface area contributed by atoms with Crippen molar-refractivity contribution in [2.24, 2.45) is 5.41 Å². The smallest absolute Gasteiger partial charge is 0.325 e. The molecule has 0 amide bonds. The standard InChI is InChI=1S/C10H21NO5S/c1-8(9(13)16-4)17(14,15)11-7-10(2,3)5-6-12/h8,11-12H,5-7H2,1-4H3. The van der Waals surface area contributed by atoms with Crippen LogP contribution in [0, 0.1) is 5.41 Å². The molecule has 0 spiro atoms. The van der Waals surface area contributed by atoms with Crippen LogP contribution in [-0.2, 0) is 19.6 Å². The van der Waals surface area contributed by atoms with Gasteiger partial charge in [-0.25, -0.2) is 13.1 Å². The predicted octanol–water partition coefficient (Wildman–Crippen LogP) is -0.124. The molecule has 6 nitrogen and oxygen atoms in total. The monoisotopic (exact) mass is 267 g/mol. The molecule has 1 atom stereocenters. The molecule has 0 rings (SSSR count). The van der Waals surface area contributed by atoms with E-state index >= 15 is 0 Å². The van der Waals surface area contributed by atoms with Gasteiger partial charge in [-0.2, -0.15) is 0 Å². The fraction of sp³-hybridized carbons (Fsp3) is 0.900. The van der Waals surface area contributed by atoms with Gasteiger partial charge in [0.05, 0.1) is 7.11 Å². The highest BCUT2D eigenvalue weighted by Crippen LogP contribution is 2.18. The largest absolute Gasteiger partial charge is 0.468 e. The lowest BCUT2D eigenvalue weighted by Crippen LogP contribution is -2.42. The Kier molecular flexibility index (Phi) is 6.08. The summed E-state index contributed by atoms with van der Waals surface area (Å²) in [6.45, 7) is 5.08. The van der Waals surface area contributed by atoms with Crippen LogP contribution >= 0.6 is 0 Å². The van der Waals surface area contributed by atoms with Gasteiger partial charge in [0.15, 0.2) is 5.25 Å². The zero-order valence-corrected chi connectivity index (χ0v) is 11.5. The van der Waals surface area contributed by atoms with Crippen LogP contribution in [0.1, 0.15) is 27.2 Å². The van der Waals surface area contributed by atoms with Crippen molar-refractivity contribution in [3.8, 4) is 0 Å². The summed E-state index contributed by atoms with van der Waals surface area (Å²) in [7, 11) is -2.59. The molecule has 102 valence electrons. The molecule has 0 aromatic rings. The maximum Gasteiger partial charge on any atom is 0.325 e. The number of carbonyl (C=O) groups is 1. The number of ether oxygens (including phenoxy) is 1. The number of aliphatic hydroxyl groups is 1. The summed E-state index contributed by atoms with van der Waals surface area (Å²) >= 11 is 0. The van der Waals surface area contributed by atoms with E-state index in [1.165, 1.54) is 6.92 Å². The first-order valence-corrected chi connectivity index (χ1v) is 6.88. The summed E-state index contributed by atoms with van der Waals surface area (Å²) in [5.41, 5.74) is -0.363. The molecule has 0 aliphatic rings. The number of methoxy groups -OCH3 is 1. The van der Waals surface area contributed by atoms with E-state index in [4.69, 9.17) is 5.11 Å². The third-order valence-electron chi connectivity index (χ3n) is 2.54. The first-order chi connectivity index (χ1) is 7.66. The van der Waals surface area contributed by atoms with Crippen LogP contribution in [0.3, 0.4) is 0 Å². The Morgan fingerprint density at radius 2 is 2.00 bits per heavy atom. The molecule has 0 bridgehead atoms. The van der Waals surface area contributed by atoms with Gasteiger partial charge in [0.1, 0.15) is 0 Å². The zero-order valence-electron chi connectivity index (χ0n) is 10.7. The minimum atomic E-state index is -3.73. The summed E-state index contributed by atoms with van der Waals surface area (Å²) in [5.74, 6) is -0.794. The van der Waals surface area contributed by atoms with Crippen LogP contribution in [0.4, 0.5) is 0 Å². The van der Waals surface area contributed by atoms with Crippen LogP contribution in [0.15, 0.2) is 0 Å². The predicted molar refractivity (Wildman–Crippen MR) is 63.9 cm³/mol. The van der Waals surface area contributed by atoms with Crippen molar-refractivity contribution in [1.82, 2.24) is 4.72 Å². The lowest BCUT2D eigenvalue weighted by Gasteiger charge is -2.24. The van der Waals surface area contributed by atoms with Crippen molar-refractivity contribution in [2.45, 2.75) is 32.4 Å². The topological polar surface area (TPSA) is 92.7 Å². The van der Waals surface area contributed by atoms with E-state index < -0.39 is 21.2 Å². The third-order valence-corrected chi connectivity index (χ3v) is 4.21. The van der Waals surface area contributed by atoms with Gasteiger partial charge in [-0.3, -0.25) is 4.79 Å². The second-order valence-electron chi connectivity index (χ2n) is 4.67. The molecule has 0 aromatic heterocycles. The van der Waals surface area contributed by atoms with Crippen molar-refractivity contribution in [1.29, 1.82) is 0 Å². The molecule has 0 saturated heterocycles. The summed E-state index contributed by atoms with van der Waals surface area (Å²) < 4.78 is 30.2. The number of sulfonamides is 1. The maximum absolute atomic E-state index is 11.7. The summed E-state index contributed by atoms with van der Waals surface area (Å²) in [4.78, 5) is 11.1. The van der Waals surface area contributed by atoms with Gasteiger partial charge in [0.2, 0.25) is 10.0 Å². The number of hydrogen-bond donors (Lipinski definition) is 2. The third kappa shape index (κ3) is 5.47. The first-order valence-electron chi connectivity index (χ1n) is 5.33. The molecule has 0 aliphatic heterocycles. The van der Waals surface area contributed by atoms with E-state index in [-0.39, 0.29) is 18.6 Å². The highest BCUT2D eigenvalue weighted by molar-refractivity contribution is 7.90. The van der Waals surface area contributed by atoms with E-state index in [9.17, 15) is 13.2 Å². The van der Waals surface area contributed by atoms with Crippen LogP contribution < -0.4 is 4.72 Å². The minimum Gasteiger partial charge on any atom is -0.468 e. The molecule has 1 unspecified atom stereocenters. The summed E-state index contributed by atoms with van der Waals surface area (Å²) in [6, 6.07) is 0. The van der Waals surface area contributed by atoms with Crippen molar-refractivity contribution >= 4 is 16.0 Å². The number of aliphatic hydroxyl groups excluding tert-OH is 1. The van der Waals surface area contributed by atoms with Gasteiger partial charge in [0.25, 0.3) is 0 Å². The highest BCUT2D eigenvalue weighted by Gasteiger charge is 2.30.